The second-order valence-corrected chi connectivity index (χ2v) is 6.08. The first-order valence-corrected chi connectivity index (χ1v) is 8.12. The number of rotatable bonds is 6. The molecule has 2 heterocycles. The minimum absolute atomic E-state index is 0.0239. The third-order valence-electron chi connectivity index (χ3n) is 3.90. The summed E-state index contributed by atoms with van der Waals surface area (Å²) in [5.41, 5.74) is 1.53. The number of carbonyl (C=O) groups excluding carboxylic acids is 1. The topological polar surface area (TPSA) is 36.4 Å². The van der Waals surface area contributed by atoms with Crippen molar-refractivity contribution < 1.29 is 4.79 Å². The maximum Gasteiger partial charge on any atom is 0.253 e. The van der Waals surface area contributed by atoms with Gasteiger partial charge in [-0.1, -0.05) is 24.9 Å². The zero-order chi connectivity index (χ0) is 15.2. The van der Waals surface area contributed by atoms with Gasteiger partial charge in [-0.3, -0.25) is 4.79 Å². The minimum Gasteiger partial charge on any atom is -0.340 e. The van der Waals surface area contributed by atoms with Crippen molar-refractivity contribution in [3.05, 3.63) is 28.5 Å². The first-order valence-electron chi connectivity index (χ1n) is 7.74. The lowest BCUT2D eigenvalue weighted by atomic mass is 10.1. The summed E-state index contributed by atoms with van der Waals surface area (Å²) in [6.45, 7) is 6.10. The molecule has 1 aliphatic heterocycles. The second kappa shape index (κ2) is 7.76. The molecule has 1 aromatic rings. The Kier molecular flexibility index (Phi) is 6.00. The van der Waals surface area contributed by atoms with Crippen LogP contribution in [0, 0.1) is 0 Å². The largest absolute Gasteiger partial charge is 0.340 e. The maximum atomic E-state index is 12.5. The van der Waals surface area contributed by atoms with Crippen molar-refractivity contribution in [3.63, 3.8) is 0 Å². The standard InChI is InChI=1S/C16H24ClN3O/c1-3-6-14-11-13(12-15(17)18-14)16(21)19(2)9-10-20-7-4-5-8-20/h11-12H,3-10H2,1-2H3. The number of nitrogens with zero attached hydrogens (tertiary/aromatic N) is 3. The number of pyridine rings is 1. The van der Waals surface area contributed by atoms with E-state index in [1.807, 2.05) is 13.1 Å². The number of aryl methyl sites for hydroxylation is 1. The number of likely N-dealkylation sites (N-methyl/N-ethyl adjacent to an activating group) is 1. The van der Waals surface area contributed by atoms with Crippen LogP contribution in [0.1, 0.15) is 42.2 Å². The highest BCUT2D eigenvalue weighted by atomic mass is 35.5. The Hall–Kier alpha value is -1.13. The lowest BCUT2D eigenvalue weighted by molar-refractivity contribution is 0.0782. The Balaban J connectivity index is 1.97. The van der Waals surface area contributed by atoms with E-state index in [0.717, 1.165) is 44.7 Å². The Labute approximate surface area is 132 Å². The number of hydrogen-bond acceptors (Lipinski definition) is 3. The normalized spacial score (nSPS) is 15.4. The van der Waals surface area contributed by atoms with Gasteiger partial charge >= 0.3 is 0 Å². The first kappa shape index (κ1) is 16.2. The summed E-state index contributed by atoms with van der Waals surface area (Å²) in [4.78, 5) is 20.9. The van der Waals surface area contributed by atoms with Gasteiger partial charge in [-0.25, -0.2) is 4.98 Å². The molecule has 0 aromatic carbocycles. The molecule has 0 bridgehead atoms. The van der Waals surface area contributed by atoms with Crippen LogP contribution in [0.3, 0.4) is 0 Å². The van der Waals surface area contributed by atoms with Gasteiger partial charge in [0.25, 0.3) is 5.91 Å². The number of amides is 1. The zero-order valence-corrected chi connectivity index (χ0v) is 13.7. The van der Waals surface area contributed by atoms with Crippen LogP contribution in [0.2, 0.25) is 5.15 Å². The molecule has 4 nitrogen and oxygen atoms in total. The minimum atomic E-state index is 0.0239. The number of carbonyl (C=O) groups is 1. The highest BCUT2D eigenvalue weighted by molar-refractivity contribution is 6.29. The van der Waals surface area contributed by atoms with Crippen LogP contribution >= 0.6 is 11.6 Å². The number of likely N-dealkylation sites (tertiary alicyclic amines) is 1. The number of halogens is 1. The molecule has 0 aliphatic carbocycles. The molecule has 116 valence electrons. The Morgan fingerprint density at radius 1 is 1.38 bits per heavy atom. The van der Waals surface area contributed by atoms with Gasteiger partial charge in [-0.15, -0.1) is 0 Å². The van der Waals surface area contributed by atoms with Gasteiger partial charge in [0, 0.05) is 31.4 Å². The molecule has 0 saturated carbocycles. The van der Waals surface area contributed by atoms with Gasteiger partial charge in [-0.05, 0) is 44.5 Å². The SMILES string of the molecule is CCCc1cc(C(=O)N(C)CCN2CCCC2)cc(Cl)n1. The highest BCUT2D eigenvalue weighted by Gasteiger charge is 2.16. The molecule has 1 fully saturated rings. The van der Waals surface area contributed by atoms with Crippen molar-refractivity contribution in [1.29, 1.82) is 0 Å². The van der Waals surface area contributed by atoms with Gasteiger partial charge in [0.05, 0.1) is 0 Å². The van der Waals surface area contributed by atoms with Crippen LogP contribution in [-0.4, -0.2) is 53.9 Å². The van der Waals surface area contributed by atoms with Crippen LogP contribution in [0.4, 0.5) is 0 Å². The molecule has 2 rings (SSSR count). The van der Waals surface area contributed by atoms with E-state index in [9.17, 15) is 4.79 Å². The molecule has 0 radical (unpaired) electrons. The Bertz CT molecular complexity index is 486. The van der Waals surface area contributed by atoms with E-state index in [1.165, 1.54) is 12.8 Å². The van der Waals surface area contributed by atoms with Gasteiger partial charge in [0.15, 0.2) is 0 Å². The lowest BCUT2D eigenvalue weighted by Gasteiger charge is -2.21. The van der Waals surface area contributed by atoms with E-state index in [1.54, 1.807) is 11.0 Å². The number of aromatic nitrogens is 1. The molecular weight excluding hydrogens is 286 g/mol. The van der Waals surface area contributed by atoms with Crippen molar-refractivity contribution in [3.8, 4) is 0 Å². The predicted molar refractivity (Wildman–Crippen MR) is 85.9 cm³/mol. The lowest BCUT2D eigenvalue weighted by Crippen LogP contribution is -2.35. The monoisotopic (exact) mass is 309 g/mol. The second-order valence-electron chi connectivity index (χ2n) is 5.70. The predicted octanol–water partition coefficient (Wildman–Crippen LogP) is 2.86. The summed E-state index contributed by atoms with van der Waals surface area (Å²) in [7, 11) is 1.85. The average Bonchev–Trinajstić information content (AvgIpc) is 2.97. The Morgan fingerprint density at radius 2 is 2.10 bits per heavy atom. The van der Waals surface area contributed by atoms with Crippen molar-refractivity contribution in [2.75, 3.05) is 33.2 Å². The molecule has 0 N–H and O–H groups in total. The first-order chi connectivity index (χ1) is 10.1. The van der Waals surface area contributed by atoms with E-state index in [4.69, 9.17) is 11.6 Å². The third-order valence-corrected chi connectivity index (χ3v) is 4.09. The van der Waals surface area contributed by atoms with E-state index >= 15 is 0 Å². The van der Waals surface area contributed by atoms with Crippen LogP contribution in [0.15, 0.2) is 12.1 Å². The quantitative estimate of drug-likeness (QED) is 0.758. The van der Waals surface area contributed by atoms with Crippen molar-refractivity contribution in [2.45, 2.75) is 32.6 Å². The molecule has 1 aromatic heterocycles. The van der Waals surface area contributed by atoms with Gasteiger partial charge < -0.3 is 9.80 Å². The number of hydrogen-bond donors (Lipinski definition) is 0. The molecule has 0 atom stereocenters. The summed E-state index contributed by atoms with van der Waals surface area (Å²) in [5, 5.41) is 0.400. The van der Waals surface area contributed by atoms with Crippen molar-refractivity contribution >= 4 is 17.5 Å². The molecule has 0 unspecified atom stereocenters. The van der Waals surface area contributed by atoms with E-state index < -0.39 is 0 Å². The zero-order valence-electron chi connectivity index (χ0n) is 12.9. The molecule has 5 heteroatoms. The average molecular weight is 310 g/mol. The van der Waals surface area contributed by atoms with Gasteiger partial charge in [0.1, 0.15) is 5.15 Å². The fourth-order valence-electron chi connectivity index (χ4n) is 2.68. The highest BCUT2D eigenvalue weighted by Crippen LogP contribution is 2.14. The third kappa shape index (κ3) is 4.68. The molecule has 21 heavy (non-hydrogen) atoms. The molecular formula is C16H24ClN3O. The van der Waals surface area contributed by atoms with E-state index in [0.29, 0.717) is 10.7 Å². The maximum absolute atomic E-state index is 12.5. The van der Waals surface area contributed by atoms with E-state index in [2.05, 4.69) is 16.8 Å². The molecule has 1 amide bonds. The summed E-state index contributed by atoms with van der Waals surface area (Å²) in [5.74, 6) is 0.0239. The molecule has 1 aliphatic rings. The van der Waals surface area contributed by atoms with Crippen LogP contribution < -0.4 is 0 Å². The van der Waals surface area contributed by atoms with Crippen LogP contribution in [0.5, 0.6) is 0 Å². The summed E-state index contributed by atoms with van der Waals surface area (Å²) in [6.07, 6.45) is 4.39. The summed E-state index contributed by atoms with van der Waals surface area (Å²) < 4.78 is 0. The Morgan fingerprint density at radius 3 is 2.76 bits per heavy atom. The van der Waals surface area contributed by atoms with Gasteiger partial charge in [0.2, 0.25) is 0 Å². The van der Waals surface area contributed by atoms with Crippen LogP contribution in [0.25, 0.3) is 0 Å². The summed E-state index contributed by atoms with van der Waals surface area (Å²) in [6, 6.07) is 3.53. The van der Waals surface area contributed by atoms with Crippen LogP contribution in [-0.2, 0) is 6.42 Å². The molecule has 0 spiro atoms. The molecule has 1 saturated heterocycles. The van der Waals surface area contributed by atoms with E-state index in [-0.39, 0.29) is 5.91 Å². The van der Waals surface area contributed by atoms with Crippen molar-refractivity contribution in [2.24, 2.45) is 0 Å². The summed E-state index contributed by atoms with van der Waals surface area (Å²) >= 11 is 6.03. The fourth-order valence-corrected chi connectivity index (χ4v) is 2.90. The smallest absolute Gasteiger partial charge is 0.253 e. The van der Waals surface area contributed by atoms with Gasteiger partial charge in [-0.2, -0.15) is 0 Å². The fraction of sp³-hybridized carbons (Fsp3) is 0.625. The van der Waals surface area contributed by atoms with Crippen molar-refractivity contribution in [1.82, 2.24) is 14.8 Å².